The number of tetrazole rings is 1. The second-order valence-corrected chi connectivity index (χ2v) is 7.63. The minimum atomic E-state index is -0.226. The maximum absolute atomic E-state index is 5.81. The first kappa shape index (κ1) is 18.3. The van der Waals surface area contributed by atoms with Gasteiger partial charge < -0.3 is 23.7 Å². The quantitative estimate of drug-likeness (QED) is 0.625. The molecule has 0 radical (unpaired) electrons. The van der Waals surface area contributed by atoms with Crippen LogP contribution in [0.2, 0.25) is 0 Å². The minimum Gasteiger partial charge on any atom is -0.492 e. The average Bonchev–Trinajstić information content (AvgIpc) is 3.47. The van der Waals surface area contributed by atoms with Crippen LogP contribution in [0.3, 0.4) is 0 Å². The van der Waals surface area contributed by atoms with Crippen LogP contribution in [0.4, 0.5) is 0 Å². The van der Waals surface area contributed by atoms with E-state index in [-0.39, 0.29) is 12.8 Å². The summed E-state index contributed by atoms with van der Waals surface area (Å²) in [4.78, 5) is 2.22. The molecule has 10 heteroatoms. The van der Waals surface area contributed by atoms with Crippen molar-refractivity contribution in [1.29, 1.82) is 0 Å². The number of fused-ring (bicyclic) bond motifs is 3. The predicted octanol–water partition coefficient (Wildman–Crippen LogP) is 1.75. The molecule has 0 bridgehead atoms. The largest absolute Gasteiger partial charge is 0.492 e. The zero-order valence-electron chi connectivity index (χ0n) is 17.2. The van der Waals surface area contributed by atoms with Gasteiger partial charge in [-0.05, 0) is 47.7 Å². The second-order valence-electron chi connectivity index (χ2n) is 7.63. The Bertz CT molecular complexity index is 1160. The summed E-state index contributed by atoms with van der Waals surface area (Å²) in [6.45, 7) is 2.09. The van der Waals surface area contributed by atoms with E-state index in [0.29, 0.717) is 42.0 Å². The number of nitrogens with zero attached hydrogens (tertiary/aromatic N) is 5. The van der Waals surface area contributed by atoms with Gasteiger partial charge in [0.1, 0.15) is 19.3 Å². The Morgan fingerprint density at radius 2 is 1.90 bits per heavy atom. The highest BCUT2D eigenvalue weighted by atomic mass is 16.7. The van der Waals surface area contributed by atoms with E-state index in [1.165, 1.54) is 0 Å². The predicted molar refractivity (Wildman–Crippen MR) is 107 cm³/mol. The van der Waals surface area contributed by atoms with Crippen LogP contribution in [0.25, 0.3) is 5.69 Å². The Kier molecular flexibility index (Phi) is 4.13. The highest BCUT2D eigenvalue weighted by Crippen LogP contribution is 2.50. The molecule has 0 aliphatic carbocycles. The van der Waals surface area contributed by atoms with Crippen LogP contribution in [0.15, 0.2) is 24.3 Å². The van der Waals surface area contributed by atoms with Gasteiger partial charge in [-0.25, -0.2) is 0 Å². The highest BCUT2D eigenvalue weighted by molar-refractivity contribution is 5.63. The molecule has 10 nitrogen and oxygen atoms in total. The summed E-state index contributed by atoms with van der Waals surface area (Å²) >= 11 is 0. The molecule has 0 amide bonds. The third kappa shape index (κ3) is 2.78. The molecular formula is C21H21N5O5. The molecule has 4 heterocycles. The zero-order valence-corrected chi connectivity index (χ0v) is 17.2. The van der Waals surface area contributed by atoms with E-state index in [4.69, 9.17) is 23.7 Å². The van der Waals surface area contributed by atoms with Gasteiger partial charge in [-0.3, -0.25) is 4.90 Å². The SMILES string of the molecule is COc1c2c(cc3c1[C@@H](c1nnnn1-c1ccc4c(c1)OCCO4)N(C)CC3)OCO2. The van der Waals surface area contributed by atoms with Crippen LogP contribution < -0.4 is 23.7 Å². The number of benzene rings is 2. The molecule has 1 atom stereocenters. The molecule has 3 aliphatic heterocycles. The molecule has 1 aromatic heterocycles. The normalized spacial score (nSPS) is 19.2. The summed E-state index contributed by atoms with van der Waals surface area (Å²) in [5.41, 5.74) is 2.93. The van der Waals surface area contributed by atoms with Crippen molar-refractivity contribution in [3.05, 3.63) is 41.2 Å². The molecule has 0 N–H and O–H groups in total. The molecule has 31 heavy (non-hydrogen) atoms. The van der Waals surface area contributed by atoms with Crippen molar-refractivity contribution in [3.63, 3.8) is 0 Å². The molecule has 0 spiro atoms. The molecule has 2 aromatic carbocycles. The lowest BCUT2D eigenvalue weighted by Gasteiger charge is -2.34. The zero-order chi connectivity index (χ0) is 20.9. The van der Waals surface area contributed by atoms with E-state index in [1.807, 2.05) is 24.3 Å². The Morgan fingerprint density at radius 3 is 2.77 bits per heavy atom. The van der Waals surface area contributed by atoms with Crippen molar-refractivity contribution >= 4 is 0 Å². The van der Waals surface area contributed by atoms with Crippen LogP contribution in [0, 0.1) is 0 Å². The van der Waals surface area contributed by atoms with Crippen LogP contribution in [-0.2, 0) is 6.42 Å². The lowest BCUT2D eigenvalue weighted by molar-refractivity contribution is 0.170. The smallest absolute Gasteiger partial charge is 0.231 e. The van der Waals surface area contributed by atoms with Crippen LogP contribution in [0.1, 0.15) is 23.0 Å². The molecule has 6 rings (SSSR count). The van der Waals surface area contributed by atoms with Crippen LogP contribution in [0.5, 0.6) is 28.7 Å². The van der Waals surface area contributed by atoms with E-state index in [1.54, 1.807) is 11.8 Å². The Labute approximate surface area is 178 Å². The molecule has 0 saturated carbocycles. The fraction of sp³-hybridized carbons (Fsp3) is 0.381. The Morgan fingerprint density at radius 1 is 1.03 bits per heavy atom. The monoisotopic (exact) mass is 423 g/mol. The maximum atomic E-state index is 5.81. The Hall–Kier alpha value is -3.53. The van der Waals surface area contributed by atoms with Crippen molar-refractivity contribution in [3.8, 4) is 34.4 Å². The van der Waals surface area contributed by atoms with Gasteiger partial charge in [0.2, 0.25) is 12.5 Å². The first-order chi connectivity index (χ1) is 15.2. The van der Waals surface area contributed by atoms with Crippen molar-refractivity contribution in [2.75, 3.05) is 40.7 Å². The van der Waals surface area contributed by atoms with E-state index < -0.39 is 0 Å². The van der Waals surface area contributed by atoms with Gasteiger partial charge in [0.15, 0.2) is 28.8 Å². The summed E-state index contributed by atoms with van der Waals surface area (Å²) in [5, 5.41) is 12.7. The van der Waals surface area contributed by atoms with Gasteiger partial charge in [0.05, 0.1) is 12.8 Å². The van der Waals surface area contributed by atoms with E-state index in [2.05, 4.69) is 27.5 Å². The summed E-state index contributed by atoms with van der Waals surface area (Å²) < 4.78 is 30.3. The van der Waals surface area contributed by atoms with Crippen molar-refractivity contribution in [2.24, 2.45) is 0 Å². The molecule has 0 saturated heterocycles. The number of likely N-dealkylation sites (N-methyl/N-ethyl adjacent to an activating group) is 1. The molecule has 0 unspecified atom stereocenters. The van der Waals surface area contributed by atoms with Gasteiger partial charge >= 0.3 is 0 Å². The van der Waals surface area contributed by atoms with Crippen molar-refractivity contribution in [1.82, 2.24) is 25.1 Å². The van der Waals surface area contributed by atoms with Gasteiger partial charge in [-0.1, -0.05) is 0 Å². The van der Waals surface area contributed by atoms with Crippen LogP contribution >= 0.6 is 0 Å². The number of methoxy groups -OCH3 is 1. The van der Waals surface area contributed by atoms with Gasteiger partial charge in [0.25, 0.3) is 0 Å². The molecule has 0 fully saturated rings. The fourth-order valence-corrected chi connectivity index (χ4v) is 4.47. The minimum absolute atomic E-state index is 0.185. The van der Waals surface area contributed by atoms with E-state index in [9.17, 15) is 0 Å². The number of aromatic nitrogens is 4. The first-order valence-corrected chi connectivity index (χ1v) is 10.1. The molecular weight excluding hydrogens is 402 g/mol. The Balaban J connectivity index is 1.50. The lowest BCUT2D eigenvalue weighted by Crippen LogP contribution is -2.35. The highest BCUT2D eigenvalue weighted by Gasteiger charge is 2.37. The topological polar surface area (TPSA) is 93.0 Å². The van der Waals surface area contributed by atoms with Crippen LogP contribution in [-0.4, -0.2) is 65.8 Å². The summed E-state index contributed by atoms with van der Waals surface area (Å²) in [5.74, 6) is 4.09. The standard InChI is InChI=1S/C21H21N5O5/c1-25-6-5-12-9-16-19(31-11-30-16)20(27-2)17(12)18(25)21-22-23-24-26(21)13-3-4-14-15(10-13)29-8-7-28-14/h3-4,9-10,18H,5-8,11H2,1-2H3/t18-/m0/s1. The summed E-state index contributed by atoms with van der Waals surface area (Å²) in [6, 6.07) is 7.52. The third-order valence-electron chi connectivity index (χ3n) is 5.90. The summed E-state index contributed by atoms with van der Waals surface area (Å²) in [6.07, 6.45) is 0.862. The molecule has 3 aromatic rings. The average molecular weight is 423 g/mol. The second kappa shape index (κ2) is 7.02. The number of ether oxygens (including phenoxy) is 5. The van der Waals surface area contributed by atoms with E-state index in [0.717, 1.165) is 35.5 Å². The van der Waals surface area contributed by atoms with Crippen molar-refractivity contribution in [2.45, 2.75) is 12.5 Å². The van der Waals surface area contributed by atoms with E-state index >= 15 is 0 Å². The number of hydrogen-bond donors (Lipinski definition) is 0. The van der Waals surface area contributed by atoms with Gasteiger partial charge in [-0.15, -0.1) is 5.10 Å². The number of hydrogen-bond acceptors (Lipinski definition) is 9. The molecule has 160 valence electrons. The van der Waals surface area contributed by atoms with Gasteiger partial charge in [-0.2, -0.15) is 4.68 Å². The van der Waals surface area contributed by atoms with Gasteiger partial charge in [0, 0.05) is 18.2 Å². The van der Waals surface area contributed by atoms with Crippen molar-refractivity contribution < 1.29 is 23.7 Å². The lowest BCUT2D eigenvalue weighted by atomic mass is 9.90. The summed E-state index contributed by atoms with van der Waals surface area (Å²) in [7, 11) is 3.70. The third-order valence-corrected chi connectivity index (χ3v) is 5.90. The fourth-order valence-electron chi connectivity index (χ4n) is 4.47. The maximum Gasteiger partial charge on any atom is 0.231 e. The first-order valence-electron chi connectivity index (χ1n) is 10.1. The molecule has 3 aliphatic rings. The number of rotatable bonds is 3.